The van der Waals surface area contributed by atoms with Crippen LogP contribution in [-0.2, 0) is 9.53 Å². The number of anilines is 1. The molecule has 1 aromatic rings. The number of carbonyl (C=O) groups is 2. The quantitative estimate of drug-likeness (QED) is 0.637. The van der Waals surface area contributed by atoms with Crippen LogP contribution in [0.2, 0.25) is 5.02 Å². The number of nitrogens with one attached hydrogen (secondary N) is 1. The van der Waals surface area contributed by atoms with E-state index in [1.807, 2.05) is 0 Å². The second-order valence-corrected chi connectivity index (χ2v) is 4.87. The summed E-state index contributed by atoms with van der Waals surface area (Å²) in [5.74, 6) is -0.650. The summed E-state index contributed by atoms with van der Waals surface area (Å²) >= 11 is 5.88. The summed E-state index contributed by atoms with van der Waals surface area (Å²) in [7, 11) is 0. The van der Waals surface area contributed by atoms with Gasteiger partial charge in [0.15, 0.2) is 0 Å². The van der Waals surface area contributed by atoms with Crippen molar-refractivity contribution in [1.29, 1.82) is 0 Å². The van der Waals surface area contributed by atoms with E-state index < -0.39 is 5.97 Å². The van der Waals surface area contributed by atoms with E-state index >= 15 is 0 Å². The molecule has 0 unspecified atom stereocenters. The Morgan fingerprint density at radius 3 is 2.79 bits per heavy atom. The lowest BCUT2D eigenvalue weighted by Crippen LogP contribution is -2.26. The van der Waals surface area contributed by atoms with Crippen molar-refractivity contribution in [3.8, 4) is 0 Å². The largest absolute Gasteiger partial charge is 0.462 e. The molecule has 2 rings (SSSR count). The van der Waals surface area contributed by atoms with Gasteiger partial charge >= 0.3 is 5.97 Å². The van der Waals surface area contributed by atoms with Crippen LogP contribution in [0.5, 0.6) is 0 Å². The zero-order valence-corrected chi connectivity index (χ0v) is 11.1. The minimum absolute atomic E-state index is 0.0398. The molecule has 1 amide bonds. The van der Waals surface area contributed by atoms with Gasteiger partial charge in [-0.2, -0.15) is 0 Å². The van der Waals surface area contributed by atoms with Crippen LogP contribution >= 0.6 is 11.6 Å². The fraction of sp³-hybridized carbons (Fsp3) is 0.385. The molecule has 0 bridgehead atoms. The Bertz CT molecular complexity index is 501. The predicted octanol–water partition coefficient (Wildman–Crippen LogP) is 1.75. The SMILES string of the molecule is Nc1ccc(C(=O)OCCC(=O)NC2CC2)c(Cl)c1. The Balaban J connectivity index is 1.78. The molecular weight excluding hydrogens is 268 g/mol. The highest BCUT2D eigenvalue weighted by Gasteiger charge is 2.23. The van der Waals surface area contributed by atoms with Crippen LogP contribution in [0.15, 0.2) is 18.2 Å². The zero-order valence-electron chi connectivity index (χ0n) is 10.3. The van der Waals surface area contributed by atoms with Crippen LogP contribution in [-0.4, -0.2) is 24.5 Å². The van der Waals surface area contributed by atoms with E-state index in [9.17, 15) is 9.59 Å². The summed E-state index contributed by atoms with van der Waals surface area (Å²) < 4.78 is 5.00. The van der Waals surface area contributed by atoms with Crippen molar-refractivity contribution in [3.05, 3.63) is 28.8 Å². The van der Waals surface area contributed by atoms with Gasteiger partial charge < -0.3 is 15.8 Å². The van der Waals surface area contributed by atoms with Gasteiger partial charge in [0.2, 0.25) is 5.91 Å². The van der Waals surface area contributed by atoms with E-state index in [4.69, 9.17) is 22.1 Å². The van der Waals surface area contributed by atoms with Crippen LogP contribution in [0.1, 0.15) is 29.6 Å². The minimum Gasteiger partial charge on any atom is -0.462 e. The van der Waals surface area contributed by atoms with E-state index in [0.29, 0.717) is 11.7 Å². The molecule has 0 heterocycles. The van der Waals surface area contributed by atoms with Crippen LogP contribution < -0.4 is 11.1 Å². The first-order valence-corrected chi connectivity index (χ1v) is 6.45. The van der Waals surface area contributed by atoms with Gasteiger partial charge in [0, 0.05) is 11.7 Å². The highest BCUT2D eigenvalue weighted by molar-refractivity contribution is 6.33. The Kier molecular flexibility index (Phi) is 4.27. The smallest absolute Gasteiger partial charge is 0.339 e. The molecule has 0 atom stereocenters. The normalized spacial score (nSPS) is 13.9. The molecule has 5 nitrogen and oxygen atoms in total. The summed E-state index contributed by atoms with van der Waals surface area (Å²) in [6.07, 6.45) is 2.23. The van der Waals surface area contributed by atoms with E-state index in [2.05, 4.69) is 5.32 Å². The Labute approximate surface area is 116 Å². The second kappa shape index (κ2) is 5.93. The summed E-state index contributed by atoms with van der Waals surface area (Å²) in [6.45, 7) is 0.0398. The molecule has 0 aliphatic heterocycles. The van der Waals surface area contributed by atoms with Gasteiger partial charge in [-0.05, 0) is 31.0 Å². The lowest BCUT2D eigenvalue weighted by Gasteiger charge is -2.07. The Hall–Kier alpha value is -1.75. The Morgan fingerprint density at radius 2 is 2.16 bits per heavy atom. The average Bonchev–Trinajstić information content (AvgIpc) is 3.12. The summed E-state index contributed by atoms with van der Waals surface area (Å²) in [5, 5.41) is 3.06. The lowest BCUT2D eigenvalue weighted by atomic mass is 10.2. The van der Waals surface area contributed by atoms with Crippen LogP contribution in [0.4, 0.5) is 5.69 Å². The third-order valence-electron chi connectivity index (χ3n) is 2.72. The van der Waals surface area contributed by atoms with Crippen LogP contribution in [0.25, 0.3) is 0 Å². The highest BCUT2D eigenvalue weighted by atomic mass is 35.5. The number of nitrogens with two attached hydrogens (primary N) is 1. The van der Waals surface area contributed by atoms with Gasteiger partial charge in [0.05, 0.1) is 17.0 Å². The average molecular weight is 283 g/mol. The molecule has 1 aliphatic carbocycles. The summed E-state index contributed by atoms with van der Waals surface area (Å²) in [5.41, 5.74) is 6.26. The van der Waals surface area contributed by atoms with Gasteiger partial charge in [-0.3, -0.25) is 4.79 Å². The second-order valence-electron chi connectivity index (χ2n) is 4.47. The number of esters is 1. The monoisotopic (exact) mass is 282 g/mol. The van der Waals surface area contributed by atoms with Crippen molar-refractivity contribution in [2.45, 2.75) is 25.3 Å². The first kappa shape index (κ1) is 13.7. The molecular formula is C13H15ClN2O3. The van der Waals surface area contributed by atoms with E-state index in [1.165, 1.54) is 12.1 Å². The molecule has 102 valence electrons. The van der Waals surface area contributed by atoms with E-state index in [-0.39, 0.29) is 29.5 Å². The number of halogens is 1. The molecule has 1 saturated carbocycles. The first-order valence-electron chi connectivity index (χ1n) is 6.08. The molecule has 1 aromatic carbocycles. The summed E-state index contributed by atoms with van der Waals surface area (Å²) in [6, 6.07) is 4.87. The molecule has 0 radical (unpaired) electrons. The fourth-order valence-electron chi connectivity index (χ4n) is 1.54. The number of ether oxygens (including phenoxy) is 1. The molecule has 0 aromatic heterocycles. The molecule has 6 heteroatoms. The van der Waals surface area contributed by atoms with Crippen molar-refractivity contribution in [2.75, 3.05) is 12.3 Å². The number of benzene rings is 1. The van der Waals surface area contributed by atoms with E-state index in [0.717, 1.165) is 12.8 Å². The zero-order chi connectivity index (χ0) is 13.8. The standard InChI is InChI=1S/C13H15ClN2O3/c14-11-7-8(15)1-4-10(11)13(18)19-6-5-12(17)16-9-2-3-9/h1,4,7,9H,2-3,5-6,15H2,(H,16,17). The van der Waals surface area contributed by atoms with Crippen molar-refractivity contribution < 1.29 is 14.3 Å². The molecule has 3 N–H and O–H groups in total. The molecule has 1 aliphatic rings. The van der Waals surface area contributed by atoms with Gasteiger partial charge in [0.1, 0.15) is 6.61 Å². The van der Waals surface area contributed by atoms with Crippen molar-refractivity contribution >= 4 is 29.2 Å². The Morgan fingerprint density at radius 1 is 1.42 bits per heavy atom. The van der Waals surface area contributed by atoms with Crippen molar-refractivity contribution in [3.63, 3.8) is 0 Å². The summed E-state index contributed by atoms with van der Waals surface area (Å²) in [4.78, 5) is 23.1. The number of carbonyl (C=O) groups excluding carboxylic acids is 2. The number of rotatable bonds is 5. The van der Waals surface area contributed by atoms with Gasteiger partial charge in [-0.15, -0.1) is 0 Å². The minimum atomic E-state index is -0.552. The van der Waals surface area contributed by atoms with Crippen LogP contribution in [0, 0.1) is 0 Å². The fourth-order valence-corrected chi connectivity index (χ4v) is 1.80. The van der Waals surface area contributed by atoms with E-state index in [1.54, 1.807) is 6.07 Å². The molecule has 0 saturated heterocycles. The number of hydrogen-bond acceptors (Lipinski definition) is 4. The molecule has 19 heavy (non-hydrogen) atoms. The third kappa shape index (κ3) is 4.13. The maximum Gasteiger partial charge on any atom is 0.339 e. The maximum absolute atomic E-state index is 11.7. The number of amides is 1. The van der Waals surface area contributed by atoms with Gasteiger partial charge in [-0.1, -0.05) is 11.6 Å². The van der Waals surface area contributed by atoms with Crippen molar-refractivity contribution in [1.82, 2.24) is 5.32 Å². The van der Waals surface area contributed by atoms with Gasteiger partial charge in [0.25, 0.3) is 0 Å². The topological polar surface area (TPSA) is 81.4 Å². The first-order chi connectivity index (χ1) is 9.06. The molecule has 0 spiro atoms. The lowest BCUT2D eigenvalue weighted by molar-refractivity contribution is -0.121. The third-order valence-corrected chi connectivity index (χ3v) is 3.03. The van der Waals surface area contributed by atoms with Crippen molar-refractivity contribution in [2.24, 2.45) is 0 Å². The molecule has 1 fully saturated rings. The highest BCUT2D eigenvalue weighted by Crippen LogP contribution is 2.20. The maximum atomic E-state index is 11.7. The number of nitrogen functional groups attached to an aromatic ring is 1. The predicted molar refractivity (Wildman–Crippen MR) is 71.9 cm³/mol. The van der Waals surface area contributed by atoms with Crippen LogP contribution in [0.3, 0.4) is 0 Å². The van der Waals surface area contributed by atoms with Gasteiger partial charge in [-0.25, -0.2) is 4.79 Å². The number of hydrogen-bond donors (Lipinski definition) is 2.